The van der Waals surface area contributed by atoms with Crippen molar-refractivity contribution in [1.82, 2.24) is 15.2 Å². The standard InChI is InChI=1S/C15H10ClF3N4O2/c16-11-4-3-8(6-10(11)15(17,18)19)20-14-21-13(24)12(22-23-14)7-9-2-1-5-25-9/h1-6H,7H2,(H2,20,21,23,24). The Kier molecular flexibility index (Phi) is 4.49. The first-order valence-corrected chi connectivity index (χ1v) is 7.33. The highest BCUT2D eigenvalue weighted by Crippen LogP contribution is 2.36. The Bertz CT molecular complexity index is 939. The first-order chi connectivity index (χ1) is 11.8. The van der Waals surface area contributed by atoms with Crippen LogP contribution in [0.5, 0.6) is 0 Å². The summed E-state index contributed by atoms with van der Waals surface area (Å²) < 4.78 is 43.7. The van der Waals surface area contributed by atoms with Crippen molar-refractivity contribution in [2.24, 2.45) is 0 Å². The maximum absolute atomic E-state index is 12.9. The van der Waals surface area contributed by atoms with E-state index >= 15 is 0 Å². The lowest BCUT2D eigenvalue weighted by Crippen LogP contribution is -2.18. The molecule has 0 spiro atoms. The number of halogens is 4. The Morgan fingerprint density at radius 2 is 2.04 bits per heavy atom. The number of alkyl halides is 3. The highest BCUT2D eigenvalue weighted by molar-refractivity contribution is 6.31. The molecule has 0 atom stereocenters. The topological polar surface area (TPSA) is 83.8 Å². The van der Waals surface area contributed by atoms with E-state index in [1.807, 2.05) is 0 Å². The normalized spacial score (nSPS) is 11.5. The molecular weight excluding hydrogens is 361 g/mol. The Hall–Kier alpha value is -2.81. The van der Waals surface area contributed by atoms with Crippen molar-refractivity contribution in [3.63, 3.8) is 0 Å². The van der Waals surface area contributed by atoms with Crippen LogP contribution >= 0.6 is 11.6 Å². The molecule has 0 saturated heterocycles. The molecule has 0 aliphatic carbocycles. The van der Waals surface area contributed by atoms with Gasteiger partial charge >= 0.3 is 6.18 Å². The summed E-state index contributed by atoms with van der Waals surface area (Å²) in [5.74, 6) is 0.441. The number of benzene rings is 1. The van der Waals surface area contributed by atoms with Crippen molar-refractivity contribution >= 4 is 23.2 Å². The third-order valence-corrected chi connectivity index (χ3v) is 3.55. The summed E-state index contributed by atoms with van der Waals surface area (Å²) in [6.45, 7) is 0. The smallest absolute Gasteiger partial charge is 0.417 e. The number of nitrogens with one attached hydrogen (secondary N) is 2. The summed E-state index contributed by atoms with van der Waals surface area (Å²) in [5.41, 5.74) is -1.35. The number of furan rings is 1. The molecular formula is C15H10ClF3N4O2. The van der Waals surface area contributed by atoms with Gasteiger partial charge in [0.1, 0.15) is 11.5 Å². The third-order valence-electron chi connectivity index (χ3n) is 3.22. The largest absolute Gasteiger partial charge is 0.469 e. The van der Waals surface area contributed by atoms with E-state index in [-0.39, 0.29) is 23.8 Å². The zero-order valence-corrected chi connectivity index (χ0v) is 13.1. The van der Waals surface area contributed by atoms with Gasteiger partial charge in [0.15, 0.2) is 0 Å². The highest BCUT2D eigenvalue weighted by atomic mass is 35.5. The number of aromatic amines is 1. The SMILES string of the molecule is O=c1[nH]c(Nc2ccc(Cl)c(C(F)(F)F)c2)nnc1Cc1ccco1. The summed E-state index contributed by atoms with van der Waals surface area (Å²) in [6.07, 6.45) is -2.98. The van der Waals surface area contributed by atoms with Crippen LogP contribution in [0.4, 0.5) is 24.8 Å². The van der Waals surface area contributed by atoms with E-state index in [1.54, 1.807) is 12.1 Å². The Morgan fingerprint density at radius 3 is 2.68 bits per heavy atom. The van der Waals surface area contributed by atoms with Gasteiger partial charge in [-0.1, -0.05) is 11.6 Å². The second kappa shape index (κ2) is 6.60. The van der Waals surface area contributed by atoms with Gasteiger partial charge in [-0.25, -0.2) is 0 Å². The molecule has 25 heavy (non-hydrogen) atoms. The molecule has 0 radical (unpaired) electrons. The van der Waals surface area contributed by atoms with Crippen molar-refractivity contribution in [2.75, 3.05) is 5.32 Å². The van der Waals surface area contributed by atoms with Crippen molar-refractivity contribution in [2.45, 2.75) is 12.6 Å². The molecule has 0 amide bonds. The summed E-state index contributed by atoms with van der Waals surface area (Å²) >= 11 is 5.56. The first kappa shape index (κ1) is 17.0. The van der Waals surface area contributed by atoms with Crippen molar-refractivity contribution in [1.29, 1.82) is 0 Å². The first-order valence-electron chi connectivity index (χ1n) is 6.95. The molecule has 0 aliphatic heterocycles. The Morgan fingerprint density at radius 1 is 1.24 bits per heavy atom. The van der Waals surface area contributed by atoms with Crippen LogP contribution in [-0.2, 0) is 12.6 Å². The van der Waals surface area contributed by atoms with E-state index < -0.39 is 22.3 Å². The van der Waals surface area contributed by atoms with Crippen LogP contribution in [0.15, 0.2) is 45.8 Å². The second-order valence-electron chi connectivity index (χ2n) is 5.02. The van der Waals surface area contributed by atoms with Crippen LogP contribution in [0.1, 0.15) is 17.0 Å². The molecule has 0 fully saturated rings. The molecule has 130 valence electrons. The predicted molar refractivity (Wildman–Crippen MR) is 83.9 cm³/mol. The summed E-state index contributed by atoms with van der Waals surface area (Å²) in [6, 6.07) is 6.60. The molecule has 0 aliphatic rings. The zero-order valence-electron chi connectivity index (χ0n) is 12.4. The molecule has 0 bridgehead atoms. The van der Waals surface area contributed by atoms with Crippen molar-refractivity contribution < 1.29 is 17.6 Å². The third kappa shape index (κ3) is 4.00. The molecule has 3 aromatic rings. The van der Waals surface area contributed by atoms with E-state index in [0.29, 0.717) is 5.76 Å². The molecule has 3 rings (SSSR count). The van der Waals surface area contributed by atoms with Crippen LogP contribution in [0.2, 0.25) is 5.02 Å². The lowest BCUT2D eigenvalue weighted by atomic mass is 10.2. The lowest BCUT2D eigenvalue weighted by molar-refractivity contribution is -0.137. The average molecular weight is 371 g/mol. The fourth-order valence-electron chi connectivity index (χ4n) is 2.07. The van der Waals surface area contributed by atoms with Crippen LogP contribution in [0.3, 0.4) is 0 Å². The van der Waals surface area contributed by atoms with Gasteiger partial charge in [0.05, 0.1) is 23.3 Å². The number of anilines is 2. The summed E-state index contributed by atoms with van der Waals surface area (Å²) in [4.78, 5) is 14.4. The molecule has 1 aromatic carbocycles. The number of hydrogen-bond donors (Lipinski definition) is 2. The van der Waals surface area contributed by atoms with Gasteiger partial charge in [0.25, 0.3) is 5.56 Å². The quantitative estimate of drug-likeness (QED) is 0.730. The number of aromatic nitrogens is 3. The predicted octanol–water partition coefficient (Wildman–Crippen LogP) is 3.76. The highest BCUT2D eigenvalue weighted by Gasteiger charge is 2.33. The number of rotatable bonds is 4. The van der Waals surface area contributed by atoms with Gasteiger partial charge in [-0.2, -0.15) is 13.2 Å². The number of H-pyrrole nitrogens is 1. The van der Waals surface area contributed by atoms with Crippen molar-refractivity contribution in [3.8, 4) is 0 Å². The van der Waals surface area contributed by atoms with E-state index in [0.717, 1.165) is 12.1 Å². The molecule has 6 nitrogen and oxygen atoms in total. The zero-order chi connectivity index (χ0) is 18.0. The minimum absolute atomic E-state index is 0.0560. The van der Waals surface area contributed by atoms with Crippen LogP contribution in [-0.4, -0.2) is 15.2 Å². The second-order valence-corrected chi connectivity index (χ2v) is 5.43. The van der Waals surface area contributed by atoms with E-state index in [9.17, 15) is 18.0 Å². The van der Waals surface area contributed by atoms with E-state index in [1.165, 1.54) is 12.3 Å². The number of hydrogen-bond acceptors (Lipinski definition) is 5. The van der Waals surface area contributed by atoms with Gasteiger partial charge in [0, 0.05) is 5.69 Å². The van der Waals surface area contributed by atoms with Gasteiger partial charge in [-0.15, -0.1) is 10.2 Å². The van der Waals surface area contributed by atoms with Gasteiger partial charge in [-0.3, -0.25) is 9.78 Å². The Balaban J connectivity index is 1.82. The molecule has 2 heterocycles. The molecule has 0 unspecified atom stereocenters. The van der Waals surface area contributed by atoms with Gasteiger partial charge in [-0.05, 0) is 30.3 Å². The fraction of sp³-hybridized carbons (Fsp3) is 0.133. The Labute approximate surface area is 143 Å². The molecule has 2 N–H and O–H groups in total. The number of nitrogens with zero attached hydrogens (tertiary/aromatic N) is 2. The van der Waals surface area contributed by atoms with Crippen LogP contribution < -0.4 is 10.9 Å². The molecule has 0 saturated carbocycles. The maximum atomic E-state index is 12.9. The lowest BCUT2D eigenvalue weighted by Gasteiger charge is -2.11. The fourth-order valence-corrected chi connectivity index (χ4v) is 2.29. The minimum Gasteiger partial charge on any atom is -0.469 e. The van der Waals surface area contributed by atoms with E-state index in [4.69, 9.17) is 16.0 Å². The van der Waals surface area contributed by atoms with Gasteiger partial charge in [0.2, 0.25) is 5.95 Å². The van der Waals surface area contributed by atoms with Crippen LogP contribution in [0, 0.1) is 0 Å². The maximum Gasteiger partial charge on any atom is 0.417 e. The summed E-state index contributed by atoms with van der Waals surface area (Å²) in [5, 5.41) is 9.67. The van der Waals surface area contributed by atoms with Crippen molar-refractivity contribution in [3.05, 3.63) is 69.0 Å². The molecule has 2 aromatic heterocycles. The molecule has 10 heteroatoms. The van der Waals surface area contributed by atoms with Gasteiger partial charge < -0.3 is 9.73 Å². The monoisotopic (exact) mass is 370 g/mol. The minimum atomic E-state index is -4.60. The van der Waals surface area contributed by atoms with E-state index in [2.05, 4.69) is 20.5 Å². The summed E-state index contributed by atoms with van der Waals surface area (Å²) in [7, 11) is 0. The average Bonchev–Trinajstić information content (AvgIpc) is 3.04. The van der Waals surface area contributed by atoms with Crippen LogP contribution in [0.25, 0.3) is 0 Å².